The summed E-state index contributed by atoms with van der Waals surface area (Å²) in [5.74, 6) is 5.75. The van der Waals surface area contributed by atoms with Crippen LogP contribution in [-0.2, 0) is 0 Å². The maximum absolute atomic E-state index is 11.8. The Hall–Kier alpha value is -2.15. The van der Waals surface area contributed by atoms with E-state index >= 15 is 0 Å². The fourth-order valence-corrected chi connectivity index (χ4v) is 2.22. The molecule has 0 bridgehead atoms. The van der Waals surface area contributed by atoms with Crippen LogP contribution in [0.4, 0.5) is 5.69 Å². The summed E-state index contributed by atoms with van der Waals surface area (Å²) in [6.45, 7) is 0. The number of carbonyl (C=O) groups excluding carboxylic acids is 1. The zero-order valence-corrected chi connectivity index (χ0v) is 10.6. The van der Waals surface area contributed by atoms with E-state index in [1.54, 1.807) is 0 Å². The Morgan fingerprint density at radius 1 is 1.16 bits per heavy atom. The molecule has 0 saturated heterocycles. The summed E-state index contributed by atoms with van der Waals surface area (Å²) in [5, 5.41) is 10.5. The third-order valence-electron chi connectivity index (χ3n) is 3.34. The van der Waals surface area contributed by atoms with Crippen molar-refractivity contribution in [1.82, 2.24) is 0 Å². The number of hydrogen-bond donors (Lipinski definition) is 0. The first-order valence-corrected chi connectivity index (χ1v) is 6.47. The lowest BCUT2D eigenvalue weighted by Gasteiger charge is -2.15. The number of rotatable bonds is 2. The van der Waals surface area contributed by atoms with E-state index in [2.05, 4.69) is 11.8 Å². The van der Waals surface area contributed by atoms with Gasteiger partial charge in [0.05, 0.1) is 4.92 Å². The van der Waals surface area contributed by atoms with E-state index in [0.29, 0.717) is 11.5 Å². The van der Waals surface area contributed by atoms with Gasteiger partial charge in [-0.25, -0.2) is 0 Å². The Balaban J connectivity index is 2.03. The molecule has 1 aromatic carbocycles. The average molecular weight is 257 g/mol. The molecule has 0 atom stereocenters. The number of nitro groups is 1. The first-order valence-electron chi connectivity index (χ1n) is 6.47. The molecule has 1 aliphatic rings. The van der Waals surface area contributed by atoms with Gasteiger partial charge in [-0.2, -0.15) is 0 Å². The topological polar surface area (TPSA) is 60.2 Å². The number of non-ortho nitro benzene ring substituents is 1. The molecule has 4 nitrogen and oxygen atoms in total. The number of nitro benzene ring substituents is 1. The van der Waals surface area contributed by atoms with Crippen LogP contribution >= 0.6 is 0 Å². The minimum absolute atomic E-state index is 0.0169. The molecular weight excluding hydrogens is 242 g/mol. The Kier molecular flexibility index (Phi) is 4.30. The number of carbonyl (C=O) groups is 1. The molecule has 0 amide bonds. The van der Waals surface area contributed by atoms with Crippen molar-refractivity contribution in [2.45, 2.75) is 32.1 Å². The second kappa shape index (κ2) is 6.14. The number of ketones is 1. The highest BCUT2D eigenvalue weighted by molar-refractivity contribution is 6.09. The van der Waals surface area contributed by atoms with Crippen molar-refractivity contribution in [2.75, 3.05) is 0 Å². The molecule has 1 fully saturated rings. The molecule has 0 radical (unpaired) electrons. The highest BCUT2D eigenvalue weighted by atomic mass is 16.6. The number of benzene rings is 1. The van der Waals surface area contributed by atoms with Gasteiger partial charge < -0.3 is 0 Å². The molecular formula is C15H15NO3. The molecule has 2 rings (SSSR count). The molecule has 0 N–H and O–H groups in total. The van der Waals surface area contributed by atoms with Crippen LogP contribution in [0.25, 0.3) is 0 Å². The van der Waals surface area contributed by atoms with Crippen LogP contribution in [0.3, 0.4) is 0 Å². The first-order chi connectivity index (χ1) is 9.16. The number of Topliss-reactive ketones (excluding diaryl/α,β-unsaturated/α-hetero) is 1. The van der Waals surface area contributed by atoms with Gasteiger partial charge in [0.15, 0.2) is 0 Å². The Morgan fingerprint density at radius 2 is 1.79 bits per heavy atom. The van der Waals surface area contributed by atoms with Gasteiger partial charge in [-0.1, -0.05) is 25.2 Å². The van der Waals surface area contributed by atoms with Crippen LogP contribution in [-0.4, -0.2) is 10.7 Å². The molecule has 0 aromatic heterocycles. The van der Waals surface area contributed by atoms with Gasteiger partial charge in [0, 0.05) is 23.6 Å². The van der Waals surface area contributed by atoms with Crippen LogP contribution in [0.5, 0.6) is 0 Å². The lowest BCUT2D eigenvalue weighted by Crippen LogP contribution is -2.04. The zero-order valence-electron chi connectivity index (χ0n) is 10.6. The fraction of sp³-hybridized carbons (Fsp3) is 0.400. The molecule has 98 valence electrons. The van der Waals surface area contributed by atoms with Crippen molar-refractivity contribution in [3.63, 3.8) is 0 Å². The van der Waals surface area contributed by atoms with Gasteiger partial charge in [-0.15, -0.1) is 0 Å². The monoisotopic (exact) mass is 257 g/mol. The van der Waals surface area contributed by atoms with Crippen LogP contribution < -0.4 is 0 Å². The minimum Gasteiger partial charge on any atom is -0.279 e. The molecule has 0 aliphatic heterocycles. The van der Waals surface area contributed by atoms with Gasteiger partial charge in [-0.05, 0) is 30.9 Å². The number of hydrogen-bond acceptors (Lipinski definition) is 3. The highest BCUT2D eigenvalue weighted by Crippen LogP contribution is 2.22. The van der Waals surface area contributed by atoms with E-state index in [4.69, 9.17) is 0 Å². The summed E-state index contributed by atoms with van der Waals surface area (Å²) in [5.41, 5.74) is 0.394. The smallest absolute Gasteiger partial charge is 0.269 e. The Morgan fingerprint density at radius 3 is 2.37 bits per heavy atom. The van der Waals surface area contributed by atoms with Gasteiger partial charge in [0.25, 0.3) is 5.69 Å². The molecule has 0 heterocycles. The molecule has 1 aliphatic carbocycles. The predicted octanol–water partition coefficient (Wildman–Crippen LogP) is 3.36. The van der Waals surface area contributed by atoms with E-state index < -0.39 is 4.92 Å². The average Bonchev–Trinajstić information content (AvgIpc) is 2.46. The van der Waals surface area contributed by atoms with Crippen LogP contribution in [0.1, 0.15) is 42.5 Å². The highest BCUT2D eigenvalue weighted by Gasteiger charge is 2.11. The quantitative estimate of drug-likeness (QED) is 0.268. The Bertz CT molecular complexity index is 531. The standard InChI is InChI=1S/C15H15NO3/c17-15(11-6-12-4-2-1-3-5-12)13-7-9-14(10-8-13)16(18)19/h7-10,12H,1-5H2. The largest absolute Gasteiger partial charge is 0.279 e. The van der Waals surface area contributed by atoms with Crippen molar-refractivity contribution >= 4 is 11.5 Å². The van der Waals surface area contributed by atoms with Crippen LogP contribution in [0.15, 0.2) is 24.3 Å². The number of nitrogens with zero attached hydrogens (tertiary/aromatic N) is 1. The van der Waals surface area contributed by atoms with Gasteiger partial charge >= 0.3 is 0 Å². The van der Waals surface area contributed by atoms with E-state index in [0.717, 1.165) is 12.8 Å². The third-order valence-corrected chi connectivity index (χ3v) is 3.34. The molecule has 1 saturated carbocycles. The predicted molar refractivity (Wildman–Crippen MR) is 71.8 cm³/mol. The third kappa shape index (κ3) is 3.65. The van der Waals surface area contributed by atoms with Crippen molar-refractivity contribution < 1.29 is 9.72 Å². The van der Waals surface area contributed by atoms with Crippen LogP contribution in [0.2, 0.25) is 0 Å². The van der Waals surface area contributed by atoms with Gasteiger partial charge in [-0.3, -0.25) is 14.9 Å². The van der Waals surface area contributed by atoms with Crippen molar-refractivity contribution in [3.05, 3.63) is 39.9 Å². The summed E-state index contributed by atoms with van der Waals surface area (Å²) in [6.07, 6.45) is 5.77. The van der Waals surface area contributed by atoms with Crippen LogP contribution in [0, 0.1) is 27.9 Å². The SMILES string of the molecule is O=C(C#CC1CCCCC1)c1ccc([N+](=O)[O-])cc1. The lowest BCUT2D eigenvalue weighted by molar-refractivity contribution is -0.384. The maximum Gasteiger partial charge on any atom is 0.269 e. The second-order valence-electron chi connectivity index (χ2n) is 4.74. The van der Waals surface area contributed by atoms with E-state index in [1.807, 2.05) is 0 Å². The molecule has 0 spiro atoms. The van der Waals surface area contributed by atoms with Gasteiger partial charge in [0.2, 0.25) is 5.78 Å². The maximum atomic E-state index is 11.8. The lowest BCUT2D eigenvalue weighted by atomic mass is 9.89. The van der Waals surface area contributed by atoms with Crippen molar-refractivity contribution in [3.8, 4) is 11.8 Å². The van der Waals surface area contributed by atoms with E-state index in [1.165, 1.54) is 43.5 Å². The summed E-state index contributed by atoms with van der Waals surface area (Å²) in [7, 11) is 0. The van der Waals surface area contributed by atoms with Gasteiger partial charge in [0.1, 0.15) is 0 Å². The Labute approximate surface area is 112 Å². The molecule has 4 heteroatoms. The summed E-state index contributed by atoms with van der Waals surface area (Å²) in [6, 6.07) is 5.57. The fourth-order valence-electron chi connectivity index (χ4n) is 2.22. The van der Waals surface area contributed by atoms with E-state index in [-0.39, 0.29) is 11.5 Å². The first kappa shape index (κ1) is 13.3. The van der Waals surface area contributed by atoms with Crippen molar-refractivity contribution in [2.24, 2.45) is 5.92 Å². The van der Waals surface area contributed by atoms with E-state index in [9.17, 15) is 14.9 Å². The molecule has 0 unspecified atom stereocenters. The normalized spacial score (nSPS) is 15.4. The zero-order chi connectivity index (χ0) is 13.7. The minimum atomic E-state index is -0.484. The molecule has 1 aromatic rings. The summed E-state index contributed by atoms with van der Waals surface area (Å²) >= 11 is 0. The molecule has 19 heavy (non-hydrogen) atoms. The summed E-state index contributed by atoms with van der Waals surface area (Å²) < 4.78 is 0. The second-order valence-corrected chi connectivity index (χ2v) is 4.74. The van der Waals surface area contributed by atoms with Crippen molar-refractivity contribution in [1.29, 1.82) is 0 Å². The summed E-state index contributed by atoms with van der Waals surface area (Å²) in [4.78, 5) is 21.8.